The van der Waals surface area contributed by atoms with Crippen LogP contribution in [-0.2, 0) is 19.5 Å². The van der Waals surface area contributed by atoms with Gasteiger partial charge in [-0.1, -0.05) is 30.7 Å². The molecular formula is C16H21ClFN3. The van der Waals surface area contributed by atoms with E-state index in [1.807, 2.05) is 11.6 Å². The van der Waals surface area contributed by atoms with E-state index >= 15 is 0 Å². The van der Waals surface area contributed by atoms with E-state index in [4.69, 9.17) is 11.6 Å². The van der Waals surface area contributed by atoms with Crippen molar-refractivity contribution in [3.63, 3.8) is 0 Å². The molecule has 0 bridgehead atoms. The Morgan fingerprint density at radius 2 is 1.95 bits per heavy atom. The lowest BCUT2D eigenvalue weighted by atomic mass is 10.1. The highest BCUT2D eigenvalue weighted by Gasteiger charge is 2.15. The molecule has 2 rings (SSSR count). The normalized spacial score (nSPS) is 12.6. The summed E-state index contributed by atoms with van der Waals surface area (Å²) < 4.78 is 14.9. The van der Waals surface area contributed by atoms with E-state index in [1.165, 1.54) is 12.1 Å². The van der Waals surface area contributed by atoms with Gasteiger partial charge in [0.15, 0.2) is 0 Å². The summed E-state index contributed by atoms with van der Waals surface area (Å²) >= 11 is 6.39. The van der Waals surface area contributed by atoms with Gasteiger partial charge in [-0.25, -0.2) is 4.39 Å². The lowest BCUT2D eigenvalue weighted by molar-refractivity contribution is 0.529. The standard InChI is InChI=1S/C16H21ClFN3/c1-4-14-16(17)15(21(5-2)20-14)10-19-11(3)12-6-8-13(18)9-7-12/h6-9,11,19H,4-5,10H2,1-3H3/t11-/m1/s1. The third-order valence-electron chi connectivity index (χ3n) is 3.64. The summed E-state index contributed by atoms with van der Waals surface area (Å²) in [6, 6.07) is 6.66. The molecule has 0 saturated heterocycles. The van der Waals surface area contributed by atoms with E-state index in [0.717, 1.165) is 34.9 Å². The van der Waals surface area contributed by atoms with Crippen LogP contribution in [0.1, 0.15) is 43.8 Å². The van der Waals surface area contributed by atoms with Gasteiger partial charge >= 0.3 is 0 Å². The highest BCUT2D eigenvalue weighted by Crippen LogP contribution is 2.22. The summed E-state index contributed by atoms with van der Waals surface area (Å²) in [7, 11) is 0. The minimum Gasteiger partial charge on any atom is -0.305 e. The molecule has 0 unspecified atom stereocenters. The predicted molar refractivity (Wildman–Crippen MR) is 83.9 cm³/mol. The second-order valence-electron chi connectivity index (χ2n) is 5.03. The van der Waals surface area contributed by atoms with Crippen molar-refractivity contribution in [1.29, 1.82) is 0 Å². The molecule has 114 valence electrons. The average Bonchev–Trinajstić information content (AvgIpc) is 2.81. The molecule has 21 heavy (non-hydrogen) atoms. The van der Waals surface area contributed by atoms with Crippen molar-refractivity contribution in [1.82, 2.24) is 15.1 Å². The number of hydrogen-bond donors (Lipinski definition) is 1. The largest absolute Gasteiger partial charge is 0.305 e. The van der Waals surface area contributed by atoms with Crippen molar-refractivity contribution in [3.05, 3.63) is 52.1 Å². The quantitative estimate of drug-likeness (QED) is 0.870. The first-order valence-electron chi connectivity index (χ1n) is 7.29. The minimum absolute atomic E-state index is 0.118. The van der Waals surface area contributed by atoms with Crippen molar-refractivity contribution >= 4 is 11.6 Å². The molecule has 3 nitrogen and oxygen atoms in total. The number of nitrogens with one attached hydrogen (secondary N) is 1. The maximum atomic E-state index is 12.9. The first-order chi connectivity index (χ1) is 10.1. The van der Waals surface area contributed by atoms with E-state index in [0.29, 0.717) is 6.54 Å². The minimum atomic E-state index is -0.217. The summed E-state index contributed by atoms with van der Waals surface area (Å²) in [5.74, 6) is -0.217. The Hall–Kier alpha value is -1.39. The van der Waals surface area contributed by atoms with Crippen LogP contribution in [0, 0.1) is 5.82 Å². The van der Waals surface area contributed by atoms with Crippen LogP contribution in [0.25, 0.3) is 0 Å². The number of aromatic nitrogens is 2. The van der Waals surface area contributed by atoms with Gasteiger partial charge in [0, 0.05) is 19.1 Å². The molecule has 1 aromatic heterocycles. The Labute approximate surface area is 130 Å². The summed E-state index contributed by atoms with van der Waals surface area (Å²) in [5.41, 5.74) is 2.99. The Kier molecular flexibility index (Phi) is 5.37. The second kappa shape index (κ2) is 7.05. The zero-order valence-corrected chi connectivity index (χ0v) is 13.4. The van der Waals surface area contributed by atoms with Crippen LogP contribution in [0.5, 0.6) is 0 Å². The van der Waals surface area contributed by atoms with Crippen molar-refractivity contribution in [2.24, 2.45) is 0 Å². The molecule has 0 amide bonds. The van der Waals surface area contributed by atoms with Gasteiger partial charge in [0.25, 0.3) is 0 Å². The first kappa shape index (κ1) is 16.0. The summed E-state index contributed by atoms with van der Waals surface area (Å²) in [5, 5.41) is 8.67. The molecule has 1 atom stereocenters. The smallest absolute Gasteiger partial charge is 0.123 e. The van der Waals surface area contributed by atoms with Gasteiger partial charge in [-0.15, -0.1) is 0 Å². The van der Waals surface area contributed by atoms with Crippen LogP contribution >= 0.6 is 11.6 Å². The topological polar surface area (TPSA) is 29.9 Å². The van der Waals surface area contributed by atoms with E-state index in [2.05, 4.69) is 24.3 Å². The number of aryl methyl sites for hydroxylation is 2. The van der Waals surface area contributed by atoms with Gasteiger partial charge < -0.3 is 5.32 Å². The summed E-state index contributed by atoms with van der Waals surface area (Å²) in [6.45, 7) is 7.58. The fraction of sp³-hybridized carbons (Fsp3) is 0.438. The van der Waals surface area contributed by atoms with Crippen LogP contribution in [0.4, 0.5) is 4.39 Å². The van der Waals surface area contributed by atoms with Gasteiger partial charge in [0.1, 0.15) is 5.82 Å². The molecule has 2 aromatic rings. The Balaban J connectivity index is 2.09. The van der Waals surface area contributed by atoms with E-state index < -0.39 is 0 Å². The van der Waals surface area contributed by atoms with Crippen LogP contribution < -0.4 is 5.32 Å². The zero-order valence-electron chi connectivity index (χ0n) is 12.7. The Bertz CT molecular complexity index is 592. The third kappa shape index (κ3) is 3.63. The molecule has 1 heterocycles. The maximum Gasteiger partial charge on any atom is 0.123 e. The molecule has 0 radical (unpaired) electrons. The van der Waals surface area contributed by atoms with Gasteiger partial charge in [-0.2, -0.15) is 5.10 Å². The van der Waals surface area contributed by atoms with Gasteiger partial charge in [0.05, 0.1) is 16.4 Å². The van der Waals surface area contributed by atoms with Crippen LogP contribution in [0.3, 0.4) is 0 Å². The molecule has 5 heteroatoms. The molecule has 0 spiro atoms. The fourth-order valence-electron chi connectivity index (χ4n) is 2.31. The van der Waals surface area contributed by atoms with Crippen molar-refractivity contribution in [2.45, 2.75) is 46.3 Å². The molecule has 0 fully saturated rings. The predicted octanol–water partition coefficient (Wildman–Crippen LogP) is 4.11. The van der Waals surface area contributed by atoms with Gasteiger partial charge in [-0.05, 0) is 38.0 Å². The molecule has 0 aliphatic heterocycles. The average molecular weight is 310 g/mol. The molecule has 1 aromatic carbocycles. The van der Waals surface area contributed by atoms with Crippen LogP contribution in [0.2, 0.25) is 5.02 Å². The molecule has 1 N–H and O–H groups in total. The highest BCUT2D eigenvalue weighted by molar-refractivity contribution is 6.31. The number of halogens is 2. The lowest BCUT2D eigenvalue weighted by Gasteiger charge is -2.15. The lowest BCUT2D eigenvalue weighted by Crippen LogP contribution is -2.20. The molecular weight excluding hydrogens is 289 g/mol. The molecule has 0 saturated carbocycles. The number of rotatable bonds is 6. The number of hydrogen-bond acceptors (Lipinski definition) is 2. The van der Waals surface area contributed by atoms with Gasteiger partial charge in [-0.3, -0.25) is 4.68 Å². The van der Waals surface area contributed by atoms with Crippen molar-refractivity contribution in [3.8, 4) is 0 Å². The maximum absolute atomic E-state index is 12.9. The third-order valence-corrected chi connectivity index (χ3v) is 4.08. The van der Waals surface area contributed by atoms with Crippen molar-refractivity contribution in [2.75, 3.05) is 0 Å². The summed E-state index contributed by atoms with van der Waals surface area (Å²) in [4.78, 5) is 0. The Morgan fingerprint density at radius 1 is 1.29 bits per heavy atom. The van der Waals surface area contributed by atoms with E-state index in [9.17, 15) is 4.39 Å². The first-order valence-corrected chi connectivity index (χ1v) is 7.67. The molecule has 0 aliphatic carbocycles. The highest BCUT2D eigenvalue weighted by atomic mass is 35.5. The van der Waals surface area contributed by atoms with E-state index in [-0.39, 0.29) is 11.9 Å². The zero-order chi connectivity index (χ0) is 15.4. The van der Waals surface area contributed by atoms with Crippen LogP contribution in [0.15, 0.2) is 24.3 Å². The number of benzene rings is 1. The van der Waals surface area contributed by atoms with Crippen LogP contribution in [-0.4, -0.2) is 9.78 Å². The number of nitrogens with zero attached hydrogens (tertiary/aromatic N) is 2. The summed E-state index contributed by atoms with van der Waals surface area (Å²) in [6.07, 6.45) is 0.826. The van der Waals surface area contributed by atoms with Crippen molar-refractivity contribution < 1.29 is 4.39 Å². The van der Waals surface area contributed by atoms with Gasteiger partial charge in [0.2, 0.25) is 0 Å². The SMILES string of the molecule is CCc1nn(CC)c(CN[C@H](C)c2ccc(F)cc2)c1Cl. The fourth-order valence-corrected chi connectivity index (χ4v) is 2.64. The molecule has 0 aliphatic rings. The van der Waals surface area contributed by atoms with E-state index in [1.54, 1.807) is 12.1 Å². The monoisotopic (exact) mass is 309 g/mol. The second-order valence-corrected chi connectivity index (χ2v) is 5.41. The Morgan fingerprint density at radius 3 is 2.52 bits per heavy atom.